The fourth-order valence-corrected chi connectivity index (χ4v) is 1.86. The Kier molecular flexibility index (Phi) is 4.49. The molecule has 0 amide bonds. The molecule has 3 nitrogen and oxygen atoms in total. The van der Waals surface area contributed by atoms with E-state index in [1.54, 1.807) is 6.07 Å². The second-order valence-electron chi connectivity index (χ2n) is 3.21. The summed E-state index contributed by atoms with van der Waals surface area (Å²) < 4.78 is 0. The van der Waals surface area contributed by atoms with E-state index < -0.39 is 0 Å². The predicted octanol–water partition coefficient (Wildman–Crippen LogP) is 2.96. The lowest BCUT2D eigenvalue weighted by Crippen LogP contribution is -2.09. The van der Waals surface area contributed by atoms with Crippen LogP contribution in [0, 0.1) is 0 Å². The van der Waals surface area contributed by atoms with Gasteiger partial charge in [-0.15, -0.1) is 11.3 Å². The Bertz CT molecular complexity index is 473. The van der Waals surface area contributed by atoms with Crippen LogP contribution in [0.2, 0.25) is 0 Å². The Hall–Kier alpha value is -1.16. The minimum absolute atomic E-state index is 0.0295. The molecule has 0 radical (unpaired) electrons. The topological polar surface area (TPSA) is 45.8 Å². The van der Waals surface area contributed by atoms with Gasteiger partial charge >= 0.3 is 0 Å². The summed E-state index contributed by atoms with van der Waals surface area (Å²) in [5, 5.41) is 2.57. The van der Waals surface area contributed by atoms with Crippen molar-refractivity contribution >= 4 is 21.6 Å². The third-order valence-electron chi connectivity index (χ3n) is 1.72. The van der Waals surface area contributed by atoms with Gasteiger partial charge in [-0.05, 0) is 11.4 Å². The number of aromatic amines is 1. The molecule has 82 valence electrons. The van der Waals surface area contributed by atoms with Gasteiger partial charge in [-0.2, -0.15) is 0 Å². The summed E-state index contributed by atoms with van der Waals surface area (Å²) >= 11 is 1.50. The van der Waals surface area contributed by atoms with Crippen LogP contribution in [0.1, 0.15) is 33.0 Å². The fraction of sp³-hybridized carbons (Fsp3) is 0.455. The lowest BCUT2D eigenvalue weighted by molar-refractivity contribution is 0.948. The third kappa shape index (κ3) is 2.89. The van der Waals surface area contributed by atoms with Crippen molar-refractivity contribution in [2.75, 3.05) is 0 Å². The Morgan fingerprint density at radius 3 is 2.67 bits per heavy atom. The standard InChI is InChI=1S/C8H8N2OS.C3H8/c1-2-6-9-7(11)5-3-4-12-8(5)10-6;1-3-2/h3-4H,2H2,1H3,(H,9,10,11);3H2,1-2H3. The van der Waals surface area contributed by atoms with E-state index in [-0.39, 0.29) is 5.56 Å². The monoisotopic (exact) mass is 224 g/mol. The van der Waals surface area contributed by atoms with Gasteiger partial charge in [0.25, 0.3) is 5.56 Å². The predicted molar refractivity (Wildman–Crippen MR) is 65.6 cm³/mol. The Balaban J connectivity index is 0.000000337. The van der Waals surface area contributed by atoms with Gasteiger partial charge in [0.2, 0.25) is 0 Å². The Morgan fingerprint density at radius 2 is 2.07 bits per heavy atom. The maximum Gasteiger partial charge on any atom is 0.259 e. The number of fused-ring (bicyclic) bond motifs is 1. The largest absolute Gasteiger partial charge is 0.310 e. The van der Waals surface area contributed by atoms with Crippen molar-refractivity contribution in [2.24, 2.45) is 0 Å². The highest BCUT2D eigenvalue weighted by molar-refractivity contribution is 7.16. The van der Waals surface area contributed by atoms with Crippen LogP contribution in [0.4, 0.5) is 0 Å². The molecule has 0 bridgehead atoms. The van der Waals surface area contributed by atoms with E-state index in [1.165, 1.54) is 17.8 Å². The smallest absolute Gasteiger partial charge is 0.259 e. The van der Waals surface area contributed by atoms with Crippen molar-refractivity contribution in [1.29, 1.82) is 0 Å². The van der Waals surface area contributed by atoms with Gasteiger partial charge in [0.1, 0.15) is 10.7 Å². The van der Waals surface area contributed by atoms with Crippen molar-refractivity contribution in [1.82, 2.24) is 9.97 Å². The third-order valence-corrected chi connectivity index (χ3v) is 2.53. The molecule has 1 N–H and O–H groups in total. The summed E-state index contributed by atoms with van der Waals surface area (Å²) in [4.78, 5) is 19.2. The van der Waals surface area contributed by atoms with E-state index in [9.17, 15) is 4.79 Å². The van der Waals surface area contributed by atoms with Crippen LogP contribution in [0.15, 0.2) is 16.2 Å². The SMILES string of the molecule is CCC.CCc1nc2sccc2c(=O)[nH]1. The number of nitrogens with one attached hydrogen (secondary N) is 1. The van der Waals surface area contributed by atoms with Gasteiger partial charge in [0.05, 0.1) is 5.39 Å². The fourth-order valence-electron chi connectivity index (χ4n) is 1.08. The molecule has 0 aliphatic carbocycles. The maximum atomic E-state index is 11.3. The van der Waals surface area contributed by atoms with Gasteiger partial charge in [-0.3, -0.25) is 4.79 Å². The number of aromatic nitrogens is 2. The lowest BCUT2D eigenvalue weighted by atomic mass is 10.4. The van der Waals surface area contributed by atoms with Crippen LogP contribution in [-0.2, 0) is 6.42 Å². The Labute approximate surface area is 93.2 Å². The van der Waals surface area contributed by atoms with Gasteiger partial charge in [-0.25, -0.2) is 4.98 Å². The molecular weight excluding hydrogens is 208 g/mol. The zero-order valence-electron chi connectivity index (χ0n) is 9.33. The van der Waals surface area contributed by atoms with Crippen molar-refractivity contribution < 1.29 is 0 Å². The minimum Gasteiger partial charge on any atom is -0.310 e. The molecule has 0 spiro atoms. The van der Waals surface area contributed by atoms with Crippen molar-refractivity contribution in [3.63, 3.8) is 0 Å². The second-order valence-corrected chi connectivity index (χ2v) is 4.11. The average molecular weight is 224 g/mol. The molecule has 0 saturated heterocycles. The summed E-state index contributed by atoms with van der Waals surface area (Å²) in [6.07, 6.45) is 2.02. The van der Waals surface area contributed by atoms with Crippen LogP contribution in [0.25, 0.3) is 10.2 Å². The molecule has 0 fully saturated rings. The molecule has 2 heterocycles. The number of thiophene rings is 1. The summed E-state index contributed by atoms with van der Waals surface area (Å²) in [5.74, 6) is 0.759. The van der Waals surface area contributed by atoms with Crippen LogP contribution in [-0.4, -0.2) is 9.97 Å². The maximum absolute atomic E-state index is 11.3. The van der Waals surface area contributed by atoms with Crippen LogP contribution >= 0.6 is 11.3 Å². The van der Waals surface area contributed by atoms with Crippen molar-refractivity contribution in [3.05, 3.63) is 27.6 Å². The zero-order valence-corrected chi connectivity index (χ0v) is 10.1. The van der Waals surface area contributed by atoms with Crippen molar-refractivity contribution in [2.45, 2.75) is 33.6 Å². The highest BCUT2D eigenvalue weighted by Crippen LogP contribution is 2.13. The molecule has 2 aromatic heterocycles. The first-order valence-electron chi connectivity index (χ1n) is 5.19. The lowest BCUT2D eigenvalue weighted by Gasteiger charge is -1.94. The van der Waals surface area contributed by atoms with Gasteiger partial charge in [0, 0.05) is 6.42 Å². The van der Waals surface area contributed by atoms with E-state index in [2.05, 4.69) is 23.8 Å². The van der Waals surface area contributed by atoms with Crippen LogP contribution in [0.3, 0.4) is 0 Å². The van der Waals surface area contributed by atoms with Gasteiger partial charge < -0.3 is 4.98 Å². The quantitative estimate of drug-likeness (QED) is 0.809. The van der Waals surface area contributed by atoms with Gasteiger partial charge in [0.15, 0.2) is 0 Å². The van der Waals surface area contributed by atoms with Crippen LogP contribution < -0.4 is 5.56 Å². The first-order chi connectivity index (χ1) is 7.22. The summed E-state index contributed by atoms with van der Waals surface area (Å²) in [5.41, 5.74) is -0.0295. The Morgan fingerprint density at radius 1 is 1.40 bits per heavy atom. The highest BCUT2D eigenvalue weighted by Gasteiger charge is 2.02. The normalized spacial score (nSPS) is 9.80. The van der Waals surface area contributed by atoms with Crippen LogP contribution in [0.5, 0.6) is 0 Å². The summed E-state index contributed by atoms with van der Waals surface area (Å²) in [6, 6.07) is 1.80. The number of hydrogen-bond acceptors (Lipinski definition) is 3. The molecule has 2 rings (SSSR count). The number of hydrogen-bond donors (Lipinski definition) is 1. The first-order valence-corrected chi connectivity index (χ1v) is 6.07. The minimum atomic E-state index is -0.0295. The average Bonchev–Trinajstić information content (AvgIpc) is 2.67. The molecule has 0 unspecified atom stereocenters. The van der Waals surface area contributed by atoms with E-state index in [0.717, 1.165) is 17.1 Å². The molecular formula is C11H16N2OS. The molecule has 0 aliphatic heterocycles. The molecule has 0 saturated carbocycles. The number of H-pyrrole nitrogens is 1. The van der Waals surface area contributed by atoms with Crippen molar-refractivity contribution in [3.8, 4) is 0 Å². The zero-order chi connectivity index (χ0) is 11.3. The highest BCUT2D eigenvalue weighted by atomic mass is 32.1. The van der Waals surface area contributed by atoms with E-state index in [4.69, 9.17) is 0 Å². The second kappa shape index (κ2) is 5.66. The first kappa shape index (κ1) is 11.9. The number of aryl methyl sites for hydroxylation is 1. The number of nitrogens with zero attached hydrogens (tertiary/aromatic N) is 1. The number of rotatable bonds is 1. The summed E-state index contributed by atoms with van der Waals surface area (Å²) in [7, 11) is 0. The van der Waals surface area contributed by atoms with Gasteiger partial charge in [-0.1, -0.05) is 27.2 Å². The molecule has 0 atom stereocenters. The molecule has 0 aromatic carbocycles. The van der Waals surface area contributed by atoms with E-state index >= 15 is 0 Å². The molecule has 2 aromatic rings. The summed E-state index contributed by atoms with van der Waals surface area (Å²) in [6.45, 7) is 6.22. The molecule has 0 aliphatic rings. The molecule has 15 heavy (non-hydrogen) atoms. The molecule has 4 heteroatoms. The van der Waals surface area contributed by atoms with E-state index in [0.29, 0.717) is 5.39 Å². The van der Waals surface area contributed by atoms with E-state index in [1.807, 2.05) is 12.3 Å².